The molecule has 0 fully saturated rings. The van der Waals surface area contributed by atoms with Crippen LogP contribution >= 0.6 is 24.0 Å². The minimum atomic E-state index is 0. The Kier molecular flexibility index (Phi) is 10.4. The Labute approximate surface area is 197 Å². The number of aliphatic imine (C=N–C) groups is 1. The molecule has 0 aliphatic rings. The molecule has 0 radical (unpaired) electrons. The molecule has 1 N–H and O–H groups in total. The third-order valence-corrected chi connectivity index (χ3v) is 5.27. The Bertz CT molecular complexity index is 864. The molecule has 2 rings (SSSR count). The molecule has 0 saturated carbocycles. The maximum absolute atomic E-state index is 5.46. The van der Waals surface area contributed by atoms with E-state index >= 15 is 0 Å². The van der Waals surface area contributed by atoms with Crippen molar-refractivity contribution in [2.24, 2.45) is 12.0 Å². The van der Waals surface area contributed by atoms with Gasteiger partial charge in [-0.1, -0.05) is 13.8 Å². The lowest BCUT2D eigenvalue weighted by molar-refractivity contribution is 0.353. The highest BCUT2D eigenvalue weighted by Gasteiger charge is 2.16. The van der Waals surface area contributed by atoms with Crippen molar-refractivity contribution in [2.75, 3.05) is 28.3 Å². The van der Waals surface area contributed by atoms with Gasteiger partial charge in [-0.3, -0.25) is 9.67 Å². The van der Waals surface area contributed by atoms with Gasteiger partial charge in [0.05, 0.1) is 19.9 Å². The lowest BCUT2D eigenvalue weighted by Gasteiger charge is -2.24. The van der Waals surface area contributed by atoms with E-state index in [1.807, 2.05) is 38.0 Å². The summed E-state index contributed by atoms with van der Waals surface area (Å²) in [5.41, 5.74) is 6.00. The second-order valence-electron chi connectivity index (χ2n) is 7.09. The summed E-state index contributed by atoms with van der Waals surface area (Å²) in [5.74, 6) is 2.32. The Balaban J connectivity index is 0.00000450. The summed E-state index contributed by atoms with van der Waals surface area (Å²) in [5, 5.41) is 8.17. The summed E-state index contributed by atoms with van der Waals surface area (Å²) in [4.78, 5) is 6.58. The average molecular weight is 529 g/mol. The smallest absolute Gasteiger partial charge is 0.193 e. The summed E-state index contributed by atoms with van der Waals surface area (Å²) >= 11 is 0. The number of hydrogen-bond acceptors (Lipinski definition) is 4. The molecule has 168 valence electrons. The summed E-state index contributed by atoms with van der Waals surface area (Å²) in [7, 11) is 9.18. The topological polar surface area (TPSA) is 63.9 Å². The fourth-order valence-corrected chi connectivity index (χ4v) is 3.67. The summed E-state index contributed by atoms with van der Waals surface area (Å²) < 4.78 is 12.9. The largest absolute Gasteiger partial charge is 0.493 e. The van der Waals surface area contributed by atoms with E-state index in [-0.39, 0.29) is 24.0 Å². The lowest BCUT2D eigenvalue weighted by Crippen LogP contribution is -2.38. The van der Waals surface area contributed by atoms with Crippen molar-refractivity contribution < 1.29 is 9.47 Å². The zero-order valence-corrected chi connectivity index (χ0v) is 21.8. The molecule has 1 heterocycles. The van der Waals surface area contributed by atoms with Crippen molar-refractivity contribution in [1.82, 2.24) is 20.0 Å². The van der Waals surface area contributed by atoms with Crippen LogP contribution in [-0.4, -0.2) is 49.0 Å². The van der Waals surface area contributed by atoms with E-state index in [1.165, 1.54) is 11.3 Å². The number of halogens is 1. The standard InChI is InChI=1S/C22H35N5O2.HI/c1-9-18-17(19(10-2)27(6)25-18)13-24-22(23-4)26(5)14-16-12-21(29-8)20(28-7)11-15(16)3;/h11-12H,9-10,13-14H2,1-8H3,(H,23,24);1H. The Hall–Kier alpha value is -1.97. The van der Waals surface area contributed by atoms with Gasteiger partial charge in [0, 0.05) is 45.5 Å². The number of benzene rings is 1. The third kappa shape index (κ3) is 5.80. The van der Waals surface area contributed by atoms with Crippen molar-refractivity contribution in [3.8, 4) is 11.5 Å². The number of nitrogens with one attached hydrogen (secondary N) is 1. The zero-order chi connectivity index (χ0) is 21.6. The van der Waals surface area contributed by atoms with Crippen LogP contribution in [0.2, 0.25) is 0 Å². The van der Waals surface area contributed by atoms with Gasteiger partial charge in [-0.05, 0) is 43.0 Å². The van der Waals surface area contributed by atoms with Gasteiger partial charge in [0.25, 0.3) is 0 Å². The Morgan fingerprint density at radius 2 is 1.80 bits per heavy atom. The van der Waals surface area contributed by atoms with E-state index < -0.39 is 0 Å². The number of nitrogens with zero attached hydrogens (tertiary/aromatic N) is 4. The van der Waals surface area contributed by atoms with Gasteiger partial charge in [-0.2, -0.15) is 5.10 Å². The number of ether oxygens (including phenoxy) is 2. The molecule has 2 aromatic rings. The maximum atomic E-state index is 5.46. The number of rotatable bonds is 8. The minimum absolute atomic E-state index is 0. The SMILES string of the molecule is CCc1nn(C)c(CC)c1CNC(=NC)N(C)Cc1cc(OC)c(OC)cc1C.I. The second kappa shape index (κ2) is 12.0. The summed E-state index contributed by atoms with van der Waals surface area (Å²) in [6, 6.07) is 4.04. The molecule has 1 aromatic heterocycles. The predicted octanol–water partition coefficient (Wildman–Crippen LogP) is 3.70. The average Bonchev–Trinajstić information content (AvgIpc) is 3.03. The normalized spacial score (nSPS) is 11.1. The Morgan fingerprint density at radius 3 is 2.33 bits per heavy atom. The lowest BCUT2D eigenvalue weighted by atomic mass is 10.1. The molecule has 7 nitrogen and oxygen atoms in total. The molecule has 30 heavy (non-hydrogen) atoms. The van der Waals surface area contributed by atoms with Gasteiger partial charge in [0.2, 0.25) is 0 Å². The van der Waals surface area contributed by atoms with Crippen LogP contribution < -0.4 is 14.8 Å². The van der Waals surface area contributed by atoms with E-state index in [0.29, 0.717) is 13.1 Å². The van der Waals surface area contributed by atoms with Gasteiger partial charge < -0.3 is 19.7 Å². The molecule has 0 bridgehead atoms. The fourth-order valence-electron chi connectivity index (χ4n) is 3.67. The molecular weight excluding hydrogens is 493 g/mol. The van der Waals surface area contributed by atoms with Crippen LogP contribution in [-0.2, 0) is 33.0 Å². The molecule has 0 amide bonds. The first-order valence-corrected chi connectivity index (χ1v) is 10.1. The van der Waals surface area contributed by atoms with Crippen molar-refractivity contribution in [2.45, 2.75) is 46.7 Å². The van der Waals surface area contributed by atoms with E-state index in [1.54, 1.807) is 14.2 Å². The monoisotopic (exact) mass is 529 g/mol. The second-order valence-corrected chi connectivity index (χ2v) is 7.09. The summed E-state index contributed by atoms with van der Waals surface area (Å²) in [6.45, 7) is 7.81. The third-order valence-electron chi connectivity index (χ3n) is 5.27. The highest BCUT2D eigenvalue weighted by molar-refractivity contribution is 14.0. The summed E-state index contributed by atoms with van der Waals surface area (Å²) in [6.07, 6.45) is 1.88. The quantitative estimate of drug-likeness (QED) is 0.321. The van der Waals surface area contributed by atoms with Crippen LogP contribution in [0.5, 0.6) is 11.5 Å². The van der Waals surface area contributed by atoms with Crippen LogP contribution in [0, 0.1) is 6.92 Å². The van der Waals surface area contributed by atoms with Gasteiger partial charge in [0.1, 0.15) is 0 Å². The first kappa shape index (κ1) is 26.1. The highest BCUT2D eigenvalue weighted by atomic mass is 127. The van der Waals surface area contributed by atoms with Gasteiger partial charge >= 0.3 is 0 Å². The van der Waals surface area contributed by atoms with Gasteiger partial charge in [0.15, 0.2) is 17.5 Å². The van der Waals surface area contributed by atoms with Crippen LogP contribution in [0.25, 0.3) is 0 Å². The van der Waals surface area contributed by atoms with Crippen molar-refractivity contribution >= 4 is 29.9 Å². The van der Waals surface area contributed by atoms with E-state index in [4.69, 9.17) is 9.47 Å². The van der Waals surface area contributed by atoms with Gasteiger partial charge in [-0.25, -0.2) is 0 Å². The van der Waals surface area contributed by atoms with Crippen LogP contribution in [0.15, 0.2) is 17.1 Å². The van der Waals surface area contributed by atoms with E-state index in [0.717, 1.165) is 47.1 Å². The van der Waals surface area contributed by atoms with Crippen molar-refractivity contribution in [3.05, 3.63) is 40.2 Å². The maximum Gasteiger partial charge on any atom is 0.193 e. The van der Waals surface area contributed by atoms with E-state index in [9.17, 15) is 0 Å². The highest BCUT2D eigenvalue weighted by Crippen LogP contribution is 2.30. The van der Waals surface area contributed by atoms with Crippen LogP contribution in [0.4, 0.5) is 0 Å². The number of aryl methyl sites for hydroxylation is 3. The molecule has 8 heteroatoms. The van der Waals surface area contributed by atoms with Gasteiger partial charge in [-0.15, -0.1) is 24.0 Å². The Morgan fingerprint density at radius 1 is 1.17 bits per heavy atom. The van der Waals surface area contributed by atoms with Crippen molar-refractivity contribution in [1.29, 1.82) is 0 Å². The molecule has 0 spiro atoms. The number of aromatic nitrogens is 2. The molecule has 0 saturated heterocycles. The molecule has 1 aromatic carbocycles. The number of guanidine groups is 1. The molecule has 0 unspecified atom stereocenters. The fraction of sp³-hybridized carbons (Fsp3) is 0.545. The van der Waals surface area contributed by atoms with E-state index in [2.05, 4.69) is 41.1 Å². The first-order chi connectivity index (χ1) is 13.9. The van der Waals surface area contributed by atoms with Crippen molar-refractivity contribution in [3.63, 3.8) is 0 Å². The minimum Gasteiger partial charge on any atom is -0.493 e. The molecule has 0 atom stereocenters. The number of hydrogen-bond donors (Lipinski definition) is 1. The molecule has 0 aliphatic carbocycles. The molecule has 0 aliphatic heterocycles. The molecular formula is C22H36IN5O2. The van der Waals surface area contributed by atoms with Crippen LogP contribution in [0.3, 0.4) is 0 Å². The first-order valence-electron chi connectivity index (χ1n) is 10.1. The zero-order valence-electron chi connectivity index (χ0n) is 19.5. The predicted molar refractivity (Wildman–Crippen MR) is 133 cm³/mol. The van der Waals surface area contributed by atoms with Crippen LogP contribution in [0.1, 0.15) is 41.9 Å². The number of methoxy groups -OCH3 is 2.